The first-order valence-electron chi connectivity index (χ1n) is 5.98. The van der Waals surface area contributed by atoms with Crippen LogP contribution in [-0.4, -0.2) is 30.8 Å². The molecule has 0 saturated carbocycles. The highest BCUT2D eigenvalue weighted by Gasteiger charge is 2.01. The number of benzene rings is 1. The van der Waals surface area contributed by atoms with Gasteiger partial charge in [0.15, 0.2) is 0 Å². The van der Waals surface area contributed by atoms with Crippen LogP contribution in [0.15, 0.2) is 28.7 Å². The van der Waals surface area contributed by atoms with E-state index >= 15 is 0 Å². The summed E-state index contributed by atoms with van der Waals surface area (Å²) in [5.41, 5.74) is 0. The van der Waals surface area contributed by atoms with Gasteiger partial charge < -0.3 is 15.2 Å². The van der Waals surface area contributed by atoms with Crippen LogP contribution in [-0.2, 0) is 4.79 Å². The Balaban J connectivity index is 2.12. The molecule has 0 fully saturated rings. The van der Waals surface area contributed by atoms with E-state index in [4.69, 9.17) is 9.84 Å². The lowest BCUT2D eigenvalue weighted by molar-refractivity contribution is -0.121. The molecule has 0 aromatic heterocycles. The third-order valence-corrected chi connectivity index (χ3v) is 2.79. The van der Waals surface area contributed by atoms with E-state index < -0.39 is 0 Å². The van der Waals surface area contributed by atoms with Crippen molar-refractivity contribution in [1.82, 2.24) is 5.32 Å². The molecule has 0 radical (unpaired) electrons. The Hall–Kier alpha value is -1.07. The molecule has 1 aromatic carbocycles. The topological polar surface area (TPSA) is 58.6 Å². The second kappa shape index (κ2) is 8.94. The van der Waals surface area contributed by atoms with Gasteiger partial charge in [-0.25, -0.2) is 0 Å². The van der Waals surface area contributed by atoms with Gasteiger partial charge in [0.25, 0.3) is 0 Å². The number of ether oxygens (including phenoxy) is 1. The van der Waals surface area contributed by atoms with E-state index in [-0.39, 0.29) is 12.5 Å². The summed E-state index contributed by atoms with van der Waals surface area (Å²) >= 11 is 3.35. The molecule has 0 spiro atoms. The molecular weight excluding hydrogens is 298 g/mol. The maximum atomic E-state index is 11.4. The lowest BCUT2D eigenvalue weighted by atomic mass is 10.3. The number of carbonyl (C=O) groups is 1. The summed E-state index contributed by atoms with van der Waals surface area (Å²) < 4.78 is 6.41. The Morgan fingerprint density at radius 3 is 2.94 bits per heavy atom. The van der Waals surface area contributed by atoms with Crippen LogP contribution in [0.2, 0.25) is 0 Å². The highest BCUT2D eigenvalue weighted by Crippen LogP contribution is 2.17. The van der Waals surface area contributed by atoms with Crippen LogP contribution in [0.25, 0.3) is 0 Å². The van der Waals surface area contributed by atoms with Crippen LogP contribution in [0.5, 0.6) is 5.75 Å². The standard InChI is InChI=1S/C13H18BrNO3/c14-11-4-3-5-12(10-11)18-9-6-13(17)15-7-1-2-8-16/h3-5,10,16H,1-2,6-9H2,(H,15,17). The highest BCUT2D eigenvalue weighted by atomic mass is 79.9. The first-order chi connectivity index (χ1) is 8.72. The van der Waals surface area contributed by atoms with Crippen molar-refractivity contribution in [3.63, 3.8) is 0 Å². The number of unbranched alkanes of at least 4 members (excludes halogenated alkanes) is 1. The van der Waals surface area contributed by atoms with Gasteiger partial charge >= 0.3 is 0 Å². The van der Waals surface area contributed by atoms with Crippen molar-refractivity contribution in [3.8, 4) is 5.75 Å². The van der Waals surface area contributed by atoms with Gasteiger partial charge in [-0.15, -0.1) is 0 Å². The Labute approximate surface area is 115 Å². The summed E-state index contributed by atoms with van der Waals surface area (Å²) in [6, 6.07) is 7.51. The van der Waals surface area contributed by atoms with Crippen LogP contribution in [0, 0.1) is 0 Å². The number of hydrogen-bond acceptors (Lipinski definition) is 3. The molecule has 1 amide bonds. The van der Waals surface area contributed by atoms with E-state index in [9.17, 15) is 4.79 Å². The van der Waals surface area contributed by atoms with Gasteiger partial charge in [0.1, 0.15) is 5.75 Å². The summed E-state index contributed by atoms with van der Waals surface area (Å²) in [7, 11) is 0. The van der Waals surface area contributed by atoms with Gasteiger partial charge in [0.05, 0.1) is 13.0 Å². The molecule has 0 aliphatic rings. The van der Waals surface area contributed by atoms with Crippen LogP contribution >= 0.6 is 15.9 Å². The molecule has 2 N–H and O–H groups in total. The second-order valence-electron chi connectivity index (χ2n) is 3.84. The van der Waals surface area contributed by atoms with E-state index in [1.807, 2.05) is 24.3 Å². The van der Waals surface area contributed by atoms with E-state index in [0.29, 0.717) is 19.6 Å². The fraction of sp³-hybridized carbons (Fsp3) is 0.462. The highest BCUT2D eigenvalue weighted by molar-refractivity contribution is 9.10. The molecule has 0 heterocycles. The summed E-state index contributed by atoms with van der Waals surface area (Å²) in [4.78, 5) is 11.4. The van der Waals surface area contributed by atoms with Gasteiger partial charge in [-0.05, 0) is 31.0 Å². The molecule has 18 heavy (non-hydrogen) atoms. The lowest BCUT2D eigenvalue weighted by Gasteiger charge is -2.07. The monoisotopic (exact) mass is 315 g/mol. The number of hydrogen-bond donors (Lipinski definition) is 2. The summed E-state index contributed by atoms with van der Waals surface area (Å²) in [6.07, 6.45) is 1.86. The molecule has 0 aliphatic carbocycles. The Morgan fingerprint density at radius 2 is 2.22 bits per heavy atom. The predicted octanol–water partition coefficient (Wildman–Crippen LogP) is 2.11. The van der Waals surface area contributed by atoms with Gasteiger partial charge in [0, 0.05) is 17.6 Å². The molecule has 1 rings (SSSR count). The van der Waals surface area contributed by atoms with Gasteiger partial charge in [0.2, 0.25) is 5.91 Å². The average Bonchev–Trinajstić information content (AvgIpc) is 2.35. The SMILES string of the molecule is O=C(CCOc1cccc(Br)c1)NCCCCO. The zero-order valence-electron chi connectivity index (χ0n) is 10.2. The van der Waals surface area contributed by atoms with Crippen molar-refractivity contribution in [2.75, 3.05) is 19.8 Å². The molecule has 0 saturated heterocycles. The maximum absolute atomic E-state index is 11.4. The smallest absolute Gasteiger partial charge is 0.223 e. The molecular formula is C13H18BrNO3. The van der Waals surface area contributed by atoms with E-state index in [0.717, 1.165) is 23.1 Å². The molecule has 0 bridgehead atoms. The van der Waals surface area contributed by atoms with Crippen molar-refractivity contribution in [2.24, 2.45) is 0 Å². The fourth-order valence-corrected chi connectivity index (χ4v) is 1.75. The first-order valence-corrected chi connectivity index (χ1v) is 6.77. The molecule has 0 atom stereocenters. The molecule has 0 unspecified atom stereocenters. The van der Waals surface area contributed by atoms with E-state index in [1.54, 1.807) is 0 Å². The number of aliphatic hydroxyl groups is 1. The average molecular weight is 316 g/mol. The fourth-order valence-electron chi connectivity index (χ4n) is 1.37. The van der Waals surface area contributed by atoms with Crippen LogP contribution in [0.1, 0.15) is 19.3 Å². The van der Waals surface area contributed by atoms with Crippen LogP contribution < -0.4 is 10.1 Å². The minimum atomic E-state index is -0.0251. The third-order valence-electron chi connectivity index (χ3n) is 2.30. The zero-order chi connectivity index (χ0) is 13.2. The largest absolute Gasteiger partial charge is 0.493 e. The van der Waals surface area contributed by atoms with Crippen molar-refractivity contribution < 1.29 is 14.6 Å². The lowest BCUT2D eigenvalue weighted by Crippen LogP contribution is -2.26. The molecule has 1 aromatic rings. The number of carbonyl (C=O) groups excluding carboxylic acids is 1. The van der Waals surface area contributed by atoms with Gasteiger partial charge in [-0.2, -0.15) is 0 Å². The van der Waals surface area contributed by atoms with Crippen LogP contribution in [0.3, 0.4) is 0 Å². The number of halogens is 1. The Bertz CT molecular complexity index is 371. The summed E-state index contributed by atoms with van der Waals surface area (Å²) in [5, 5.41) is 11.4. The molecule has 4 nitrogen and oxygen atoms in total. The quantitative estimate of drug-likeness (QED) is 0.722. The second-order valence-corrected chi connectivity index (χ2v) is 4.75. The van der Waals surface area contributed by atoms with Crippen molar-refractivity contribution >= 4 is 21.8 Å². The van der Waals surface area contributed by atoms with Crippen LogP contribution in [0.4, 0.5) is 0 Å². The van der Waals surface area contributed by atoms with E-state index in [1.165, 1.54) is 0 Å². The maximum Gasteiger partial charge on any atom is 0.223 e. The normalized spacial score (nSPS) is 10.1. The van der Waals surface area contributed by atoms with Gasteiger partial charge in [-0.1, -0.05) is 22.0 Å². The minimum absolute atomic E-state index is 0.0251. The number of nitrogens with one attached hydrogen (secondary N) is 1. The first kappa shape index (κ1) is 15.0. The number of aliphatic hydroxyl groups excluding tert-OH is 1. The molecule has 5 heteroatoms. The zero-order valence-corrected chi connectivity index (χ0v) is 11.8. The molecule has 100 valence electrons. The van der Waals surface area contributed by atoms with Crippen molar-refractivity contribution in [3.05, 3.63) is 28.7 Å². The van der Waals surface area contributed by atoms with Gasteiger partial charge in [-0.3, -0.25) is 4.79 Å². The number of rotatable bonds is 8. The predicted molar refractivity (Wildman–Crippen MR) is 73.6 cm³/mol. The minimum Gasteiger partial charge on any atom is -0.493 e. The Morgan fingerprint density at radius 1 is 1.39 bits per heavy atom. The summed E-state index contributed by atoms with van der Waals surface area (Å²) in [6.45, 7) is 1.14. The summed E-state index contributed by atoms with van der Waals surface area (Å²) in [5.74, 6) is 0.723. The number of amides is 1. The Kier molecular flexibility index (Phi) is 7.44. The van der Waals surface area contributed by atoms with Crippen molar-refractivity contribution in [1.29, 1.82) is 0 Å². The molecule has 0 aliphatic heterocycles. The van der Waals surface area contributed by atoms with Crippen molar-refractivity contribution in [2.45, 2.75) is 19.3 Å². The third kappa shape index (κ3) is 6.61. The van der Waals surface area contributed by atoms with E-state index in [2.05, 4.69) is 21.2 Å².